The average Bonchev–Trinajstić information content (AvgIpc) is 3.54. The number of aromatic amines is 1. The maximum atomic E-state index is 12.9. The Bertz CT molecular complexity index is 2100. The fourth-order valence-electron chi connectivity index (χ4n) is 7.69. The zero-order chi connectivity index (χ0) is 37.4. The number of nitrogens with one attached hydrogen (secondary N) is 2. The van der Waals surface area contributed by atoms with E-state index in [-0.39, 0.29) is 42.9 Å². The highest BCUT2D eigenvalue weighted by Crippen LogP contribution is 2.39. The van der Waals surface area contributed by atoms with Crippen molar-refractivity contribution in [3.05, 3.63) is 130 Å². The topological polar surface area (TPSA) is 146 Å². The summed E-state index contributed by atoms with van der Waals surface area (Å²) < 4.78 is 15.3. The second-order valence-corrected chi connectivity index (χ2v) is 14.4. The number of imidazole rings is 1. The van der Waals surface area contributed by atoms with Gasteiger partial charge in [-0.2, -0.15) is 0 Å². The number of benzene rings is 4. The molecular formula is C43H48N4O7. The molecule has 1 aromatic heterocycles. The second kappa shape index (κ2) is 17.4. The summed E-state index contributed by atoms with van der Waals surface area (Å²) in [6.07, 6.45) is 2.92. The van der Waals surface area contributed by atoms with E-state index >= 15 is 0 Å². The maximum Gasteiger partial charge on any atom is 0.326 e. The lowest BCUT2D eigenvalue weighted by Crippen LogP contribution is -2.43. The number of rotatable bonds is 14. The number of fused-ring (bicyclic) bond motifs is 1. The van der Waals surface area contributed by atoms with Gasteiger partial charge in [0, 0.05) is 57.0 Å². The minimum absolute atomic E-state index is 0.0181. The van der Waals surface area contributed by atoms with Gasteiger partial charge in [0.15, 0.2) is 6.29 Å². The second-order valence-electron chi connectivity index (χ2n) is 14.4. The van der Waals surface area contributed by atoms with Crippen molar-refractivity contribution in [3.8, 4) is 11.1 Å². The summed E-state index contributed by atoms with van der Waals surface area (Å²) in [7, 11) is 0. The first kappa shape index (κ1) is 37.3. The van der Waals surface area contributed by atoms with Crippen LogP contribution in [0.15, 0.2) is 102 Å². The number of carboxylic acid groups (broad SMARTS) is 1. The molecular weight excluding hydrogens is 684 g/mol. The molecule has 2 fully saturated rings. The number of ether oxygens (including phenoxy) is 2. The first-order valence-electron chi connectivity index (χ1n) is 18.9. The summed E-state index contributed by atoms with van der Waals surface area (Å²) in [6.45, 7) is 2.82. The number of hydrogen-bond acceptors (Lipinski definition) is 7. The fourth-order valence-corrected chi connectivity index (χ4v) is 7.69. The molecule has 1 amide bonds. The van der Waals surface area contributed by atoms with Gasteiger partial charge < -0.3 is 34.9 Å². The van der Waals surface area contributed by atoms with E-state index in [9.17, 15) is 19.5 Å². The van der Waals surface area contributed by atoms with Gasteiger partial charge in [-0.15, -0.1) is 0 Å². The van der Waals surface area contributed by atoms with E-state index in [2.05, 4.69) is 33.4 Å². The highest BCUT2D eigenvalue weighted by Gasteiger charge is 2.34. The summed E-state index contributed by atoms with van der Waals surface area (Å²) in [5, 5.41) is 21.4. The Kier molecular flexibility index (Phi) is 12.0. The monoisotopic (exact) mass is 732 g/mol. The van der Waals surface area contributed by atoms with Gasteiger partial charge in [-0.3, -0.25) is 14.2 Å². The number of hydrogen-bond donors (Lipinski definition) is 4. The van der Waals surface area contributed by atoms with Gasteiger partial charge in [0.05, 0.1) is 29.8 Å². The minimum atomic E-state index is -0.847. The first-order valence-corrected chi connectivity index (χ1v) is 18.9. The number of aliphatic hydroxyl groups excluding tert-OH is 1. The molecule has 3 heterocycles. The Hall–Kier alpha value is -5.07. The van der Waals surface area contributed by atoms with Gasteiger partial charge in [-0.25, -0.2) is 4.79 Å². The number of carboxylic acids is 1. The van der Waals surface area contributed by atoms with E-state index in [1.165, 1.54) is 0 Å². The van der Waals surface area contributed by atoms with Gasteiger partial charge in [0.2, 0.25) is 5.91 Å². The Labute approximate surface area is 314 Å². The van der Waals surface area contributed by atoms with E-state index in [1.807, 2.05) is 83.4 Å². The lowest BCUT2D eigenvalue weighted by molar-refractivity contribution is -0.253. The molecule has 11 nitrogen and oxygen atoms in total. The Morgan fingerprint density at radius 1 is 0.815 bits per heavy atom. The normalized spacial score (nSPS) is 19.5. The third-order valence-corrected chi connectivity index (χ3v) is 10.6. The van der Waals surface area contributed by atoms with Crippen molar-refractivity contribution in [2.24, 2.45) is 0 Å². The fraction of sp³-hybridized carbons (Fsp3) is 0.372. The number of likely N-dealkylation sites (tertiary alicyclic amines) is 1. The summed E-state index contributed by atoms with van der Waals surface area (Å²) in [4.78, 5) is 41.4. The number of carbonyl (C=O) groups is 2. The van der Waals surface area contributed by atoms with Crippen LogP contribution in [0.4, 0.5) is 0 Å². The molecule has 282 valence electrons. The van der Waals surface area contributed by atoms with Crippen LogP contribution in [0.2, 0.25) is 0 Å². The molecule has 54 heavy (non-hydrogen) atoms. The smallest absolute Gasteiger partial charge is 0.326 e. The van der Waals surface area contributed by atoms with Crippen molar-refractivity contribution < 1.29 is 29.3 Å². The molecule has 7 rings (SSSR count). The molecule has 0 saturated carbocycles. The Morgan fingerprint density at radius 2 is 1.56 bits per heavy atom. The highest BCUT2D eigenvalue weighted by molar-refractivity contribution is 5.76. The predicted molar refractivity (Wildman–Crippen MR) is 206 cm³/mol. The van der Waals surface area contributed by atoms with Crippen LogP contribution in [-0.2, 0) is 32.2 Å². The highest BCUT2D eigenvalue weighted by atomic mass is 16.7. The number of nitrogens with zero attached hydrogens (tertiary/aromatic N) is 2. The molecule has 3 atom stereocenters. The molecule has 11 heteroatoms. The first-order chi connectivity index (χ1) is 26.3. The largest absolute Gasteiger partial charge is 0.481 e. The van der Waals surface area contributed by atoms with Crippen LogP contribution in [-0.4, -0.2) is 62.3 Å². The van der Waals surface area contributed by atoms with E-state index < -0.39 is 12.3 Å². The summed E-state index contributed by atoms with van der Waals surface area (Å²) in [6, 6.07) is 32.2. The van der Waals surface area contributed by atoms with Gasteiger partial charge in [-0.1, -0.05) is 72.8 Å². The maximum absolute atomic E-state index is 12.9. The van der Waals surface area contributed by atoms with Gasteiger partial charge in [0.1, 0.15) is 0 Å². The molecule has 4 aromatic carbocycles. The molecule has 5 aromatic rings. The lowest BCUT2D eigenvalue weighted by atomic mass is 9.97. The third kappa shape index (κ3) is 9.17. The third-order valence-electron chi connectivity index (χ3n) is 10.6. The number of carbonyl (C=O) groups excluding carboxylic acids is 1. The van der Waals surface area contributed by atoms with Gasteiger partial charge in [0.25, 0.3) is 0 Å². The van der Waals surface area contributed by atoms with Crippen LogP contribution in [0.25, 0.3) is 22.2 Å². The average molecular weight is 733 g/mol. The number of H-pyrrole nitrogens is 1. The summed E-state index contributed by atoms with van der Waals surface area (Å²) in [5.41, 5.74) is 7.54. The van der Waals surface area contributed by atoms with Gasteiger partial charge in [-0.05, 0) is 77.8 Å². The van der Waals surface area contributed by atoms with Crippen molar-refractivity contribution >= 4 is 22.9 Å². The quantitative estimate of drug-likeness (QED) is 0.0931. The van der Waals surface area contributed by atoms with Crippen LogP contribution in [0.1, 0.15) is 85.6 Å². The molecule has 2 aliphatic heterocycles. The number of unbranched alkanes of at least 4 members (excludes halogenated alkanes) is 1. The molecule has 0 radical (unpaired) electrons. The number of aliphatic hydroxyl groups is 1. The van der Waals surface area contributed by atoms with E-state index in [0.717, 1.165) is 76.9 Å². The zero-order valence-corrected chi connectivity index (χ0v) is 30.4. The van der Waals surface area contributed by atoms with Crippen LogP contribution >= 0.6 is 0 Å². The number of aromatic nitrogens is 2. The van der Waals surface area contributed by atoms with Crippen molar-refractivity contribution in [1.29, 1.82) is 0 Å². The Balaban J connectivity index is 1.03. The number of aliphatic carboxylic acids is 1. The summed E-state index contributed by atoms with van der Waals surface area (Å²) in [5.74, 6) is -0.941. The number of amides is 1. The summed E-state index contributed by atoms with van der Waals surface area (Å²) >= 11 is 0. The lowest BCUT2D eigenvalue weighted by Gasteiger charge is -2.40. The van der Waals surface area contributed by atoms with E-state index in [0.29, 0.717) is 32.2 Å². The molecule has 2 aliphatic rings. The van der Waals surface area contributed by atoms with E-state index in [4.69, 9.17) is 14.6 Å². The van der Waals surface area contributed by atoms with Crippen LogP contribution in [0.5, 0.6) is 0 Å². The van der Waals surface area contributed by atoms with Crippen LogP contribution in [0.3, 0.4) is 0 Å². The van der Waals surface area contributed by atoms with Crippen molar-refractivity contribution in [2.75, 3.05) is 19.6 Å². The molecule has 0 unspecified atom stereocenters. The molecule has 4 N–H and O–H groups in total. The number of piperidine rings is 1. The van der Waals surface area contributed by atoms with Crippen molar-refractivity contribution in [2.45, 2.75) is 82.6 Å². The standard InChI is InChI=1S/C43H48N4O7/c48-28-29-15-17-31(18-16-29)39-25-36(27-46-21-19-35(20-22-46)47-38-12-2-1-11-37(38)45-43(47)52)53-42(54-39)34-10-6-9-33(24-34)32-8-5-7-30(23-32)26-44-40(49)13-3-4-14-41(50)51/h1-2,5-12,15-18,23-24,35-36,39,42,48H,3-4,13-14,19-22,25-28H2,(H,44,49)(H,45,52)(H,50,51)/t36-,39+,42+/m0/s1. The Morgan fingerprint density at radius 3 is 2.33 bits per heavy atom. The SMILES string of the molecule is O=C(O)CCCCC(=O)NCc1cccc(-c2cccc([C@@H]3O[C@H](CN4CCC(n5c(=O)[nH]c6ccccc65)CC4)C[C@H](c4ccc(CO)cc4)O3)c2)c1. The molecule has 0 bridgehead atoms. The predicted octanol–water partition coefficient (Wildman–Crippen LogP) is 6.63. The minimum Gasteiger partial charge on any atom is -0.481 e. The molecule has 2 saturated heterocycles. The van der Waals surface area contributed by atoms with Crippen molar-refractivity contribution in [3.63, 3.8) is 0 Å². The van der Waals surface area contributed by atoms with E-state index in [1.54, 1.807) is 0 Å². The van der Waals surface area contributed by atoms with Gasteiger partial charge >= 0.3 is 11.7 Å². The van der Waals surface area contributed by atoms with Crippen molar-refractivity contribution in [1.82, 2.24) is 19.8 Å². The number of para-hydroxylation sites is 2. The van der Waals surface area contributed by atoms with Crippen LogP contribution in [0, 0.1) is 0 Å². The van der Waals surface area contributed by atoms with Crippen LogP contribution < -0.4 is 11.0 Å². The zero-order valence-electron chi connectivity index (χ0n) is 30.4. The molecule has 0 spiro atoms. The molecule has 0 aliphatic carbocycles.